The summed E-state index contributed by atoms with van der Waals surface area (Å²) in [7, 11) is 0. The van der Waals surface area contributed by atoms with Crippen molar-refractivity contribution in [3.05, 3.63) is 47.8 Å². The van der Waals surface area contributed by atoms with E-state index in [-0.39, 0.29) is 11.4 Å². The first-order valence-electron chi connectivity index (χ1n) is 5.67. The molecule has 0 unspecified atom stereocenters. The third-order valence-electron chi connectivity index (χ3n) is 3.65. The summed E-state index contributed by atoms with van der Waals surface area (Å²) in [5.41, 5.74) is 7.23. The molecule has 2 aromatic carbocycles. The molecule has 0 amide bonds. The van der Waals surface area contributed by atoms with E-state index in [0.29, 0.717) is 5.39 Å². The fourth-order valence-corrected chi connectivity index (χ4v) is 2.40. The fourth-order valence-electron chi connectivity index (χ4n) is 2.40. The smallest absolute Gasteiger partial charge is 0.131 e. The zero-order valence-corrected chi connectivity index (χ0v) is 9.04. The number of rotatable bonds is 1. The van der Waals surface area contributed by atoms with Gasteiger partial charge < -0.3 is 5.73 Å². The van der Waals surface area contributed by atoms with Crippen LogP contribution in [0.25, 0.3) is 10.8 Å². The molecule has 0 heterocycles. The summed E-state index contributed by atoms with van der Waals surface area (Å²) in [6, 6.07) is 11.0. The lowest BCUT2D eigenvalue weighted by molar-refractivity contribution is 0.254. The summed E-state index contributed by atoms with van der Waals surface area (Å²) in [6.45, 7) is 0. The fraction of sp³-hybridized carbons (Fsp3) is 0.286. The van der Waals surface area contributed by atoms with Crippen molar-refractivity contribution in [1.29, 1.82) is 0 Å². The Labute approximate surface area is 94.1 Å². The van der Waals surface area contributed by atoms with E-state index in [1.54, 1.807) is 6.07 Å². The van der Waals surface area contributed by atoms with Crippen LogP contribution in [0.3, 0.4) is 0 Å². The van der Waals surface area contributed by atoms with E-state index in [9.17, 15) is 4.39 Å². The lowest BCUT2D eigenvalue weighted by Crippen LogP contribution is -2.43. The second-order valence-electron chi connectivity index (χ2n) is 4.69. The summed E-state index contributed by atoms with van der Waals surface area (Å²) in [5, 5.41) is 1.61. The van der Waals surface area contributed by atoms with E-state index in [1.807, 2.05) is 24.3 Å². The van der Waals surface area contributed by atoms with Crippen LogP contribution >= 0.6 is 0 Å². The van der Waals surface area contributed by atoms with Crippen molar-refractivity contribution in [2.75, 3.05) is 0 Å². The first kappa shape index (κ1) is 9.79. The number of nitrogens with two attached hydrogens (primary N) is 1. The van der Waals surface area contributed by atoms with Gasteiger partial charge in [-0.3, -0.25) is 0 Å². The highest BCUT2D eigenvalue weighted by atomic mass is 19.1. The highest BCUT2D eigenvalue weighted by Crippen LogP contribution is 2.39. The van der Waals surface area contributed by atoms with Crippen LogP contribution in [-0.2, 0) is 5.54 Å². The molecule has 0 atom stereocenters. The van der Waals surface area contributed by atoms with Gasteiger partial charge in [-0.2, -0.15) is 0 Å². The van der Waals surface area contributed by atoms with Crippen molar-refractivity contribution >= 4 is 10.8 Å². The van der Waals surface area contributed by atoms with Gasteiger partial charge in [-0.25, -0.2) is 4.39 Å². The zero-order chi connectivity index (χ0) is 11.2. The average Bonchev–Trinajstić information content (AvgIpc) is 2.26. The van der Waals surface area contributed by atoms with Gasteiger partial charge in [0.15, 0.2) is 0 Å². The molecule has 0 saturated heterocycles. The molecule has 1 aliphatic rings. The van der Waals surface area contributed by atoms with Crippen LogP contribution in [0.15, 0.2) is 36.4 Å². The molecule has 0 aliphatic heterocycles. The zero-order valence-electron chi connectivity index (χ0n) is 9.04. The maximum absolute atomic E-state index is 13.5. The molecule has 1 fully saturated rings. The first-order chi connectivity index (χ1) is 7.69. The van der Waals surface area contributed by atoms with Gasteiger partial charge in [0, 0.05) is 10.9 Å². The Morgan fingerprint density at radius 1 is 1.12 bits per heavy atom. The first-order valence-corrected chi connectivity index (χ1v) is 5.67. The van der Waals surface area contributed by atoms with Crippen LogP contribution in [0, 0.1) is 5.82 Å². The van der Waals surface area contributed by atoms with Crippen molar-refractivity contribution in [1.82, 2.24) is 0 Å². The Bertz CT molecular complexity index is 543. The van der Waals surface area contributed by atoms with Gasteiger partial charge >= 0.3 is 0 Å². The van der Waals surface area contributed by atoms with Crippen LogP contribution in [0.5, 0.6) is 0 Å². The molecular formula is C14H14FN. The molecule has 2 aromatic rings. The second-order valence-corrected chi connectivity index (χ2v) is 4.69. The summed E-state index contributed by atoms with van der Waals surface area (Å²) in [6.07, 6.45) is 3.26. The van der Waals surface area contributed by atoms with Gasteiger partial charge in [-0.1, -0.05) is 24.3 Å². The Hall–Kier alpha value is -1.41. The predicted octanol–water partition coefficient (Wildman–Crippen LogP) is 3.32. The van der Waals surface area contributed by atoms with Gasteiger partial charge in [-0.15, -0.1) is 0 Å². The summed E-state index contributed by atoms with van der Waals surface area (Å²) in [4.78, 5) is 0. The van der Waals surface area contributed by atoms with Gasteiger partial charge in [-0.05, 0) is 42.3 Å². The van der Waals surface area contributed by atoms with Crippen molar-refractivity contribution in [2.24, 2.45) is 5.73 Å². The van der Waals surface area contributed by atoms with Gasteiger partial charge in [0.05, 0.1) is 0 Å². The summed E-state index contributed by atoms with van der Waals surface area (Å²) in [5.74, 6) is -0.163. The number of hydrogen-bond donors (Lipinski definition) is 1. The van der Waals surface area contributed by atoms with Crippen LogP contribution < -0.4 is 5.73 Å². The maximum Gasteiger partial charge on any atom is 0.131 e. The van der Waals surface area contributed by atoms with Crippen LogP contribution in [0.4, 0.5) is 4.39 Å². The number of fused-ring (bicyclic) bond motifs is 1. The molecular weight excluding hydrogens is 201 g/mol. The second kappa shape index (κ2) is 3.29. The summed E-state index contributed by atoms with van der Waals surface area (Å²) >= 11 is 0. The standard InChI is InChI=1S/C14H14FN/c15-13-4-1-3-10-9-11(5-6-12(10)13)14(16)7-2-8-14/h1,3-6,9H,2,7-8,16H2. The van der Waals surface area contributed by atoms with Crippen molar-refractivity contribution in [3.8, 4) is 0 Å². The van der Waals surface area contributed by atoms with E-state index >= 15 is 0 Å². The monoisotopic (exact) mass is 215 g/mol. The van der Waals surface area contributed by atoms with Crippen LogP contribution in [0.1, 0.15) is 24.8 Å². The van der Waals surface area contributed by atoms with E-state index in [2.05, 4.69) is 0 Å². The topological polar surface area (TPSA) is 26.0 Å². The highest BCUT2D eigenvalue weighted by molar-refractivity contribution is 5.84. The molecule has 2 heteroatoms. The number of benzene rings is 2. The lowest BCUT2D eigenvalue weighted by Gasteiger charge is -2.38. The minimum atomic E-state index is -0.166. The Balaban J connectivity index is 2.16. The normalized spacial score (nSPS) is 18.4. The predicted molar refractivity (Wildman–Crippen MR) is 63.6 cm³/mol. The quantitative estimate of drug-likeness (QED) is 0.776. The third kappa shape index (κ3) is 1.34. The van der Waals surface area contributed by atoms with E-state index in [0.717, 1.165) is 23.8 Å². The van der Waals surface area contributed by atoms with E-state index < -0.39 is 0 Å². The average molecular weight is 215 g/mol. The molecule has 16 heavy (non-hydrogen) atoms. The van der Waals surface area contributed by atoms with Gasteiger partial charge in [0.1, 0.15) is 5.82 Å². The molecule has 1 aliphatic carbocycles. The molecule has 3 rings (SSSR count). The Morgan fingerprint density at radius 3 is 2.62 bits per heavy atom. The van der Waals surface area contributed by atoms with Gasteiger partial charge in [0.25, 0.3) is 0 Å². The SMILES string of the molecule is NC1(c2ccc3c(F)cccc3c2)CCC1. The summed E-state index contributed by atoms with van der Waals surface area (Å²) < 4.78 is 13.5. The third-order valence-corrected chi connectivity index (χ3v) is 3.65. The Morgan fingerprint density at radius 2 is 1.94 bits per heavy atom. The number of halogens is 1. The van der Waals surface area contributed by atoms with Crippen LogP contribution in [0.2, 0.25) is 0 Å². The number of hydrogen-bond acceptors (Lipinski definition) is 1. The minimum Gasteiger partial charge on any atom is -0.321 e. The Kier molecular flexibility index (Phi) is 2.01. The van der Waals surface area contributed by atoms with Crippen molar-refractivity contribution < 1.29 is 4.39 Å². The van der Waals surface area contributed by atoms with E-state index in [1.165, 1.54) is 12.5 Å². The molecule has 0 aromatic heterocycles. The minimum absolute atomic E-state index is 0.163. The van der Waals surface area contributed by atoms with E-state index in [4.69, 9.17) is 5.73 Å². The molecule has 1 nitrogen and oxygen atoms in total. The van der Waals surface area contributed by atoms with Gasteiger partial charge in [0.2, 0.25) is 0 Å². The lowest BCUT2D eigenvalue weighted by atomic mass is 9.72. The molecule has 2 N–H and O–H groups in total. The molecule has 0 bridgehead atoms. The van der Waals surface area contributed by atoms with Crippen molar-refractivity contribution in [2.45, 2.75) is 24.8 Å². The van der Waals surface area contributed by atoms with Crippen molar-refractivity contribution in [3.63, 3.8) is 0 Å². The highest BCUT2D eigenvalue weighted by Gasteiger charge is 2.34. The molecule has 0 spiro atoms. The molecule has 1 saturated carbocycles. The molecule has 82 valence electrons. The van der Waals surface area contributed by atoms with Crippen LogP contribution in [-0.4, -0.2) is 0 Å². The molecule has 0 radical (unpaired) electrons. The largest absolute Gasteiger partial charge is 0.321 e. The maximum atomic E-state index is 13.5.